The third-order valence-corrected chi connectivity index (χ3v) is 2.60. The molecular formula is C10H13N5OS. The molecule has 6 nitrogen and oxygen atoms in total. The van der Waals surface area contributed by atoms with E-state index in [9.17, 15) is 0 Å². The predicted octanol–water partition coefficient (Wildman–Crippen LogP) is 1.35. The molecule has 0 radical (unpaired) electrons. The Labute approximate surface area is 104 Å². The monoisotopic (exact) mass is 251 g/mol. The summed E-state index contributed by atoms with van der Waals surface area (Å²) in [7, 11) is 1.65. The zero-order chi connectivity index (χ0) is 12.3. The van der Waals surface area contributed by atoms with Gasteiger partial charge in [-0.15, -0.1) is 0 Å². The molecule has 0 aromatic carbocycles. The summed E-state index contributed by atoms with van der Waals surface area (Å²) >= 11 is 5.15. The molecule has 0 aliphatic carbocycles. The number of aromatic amines is 1. The number of hydrogen-bond acceptors (Lipinski definition) is 5. The van der Waals surface area contributed by atoms with Gasteiger partial charge in [0.15, 0.2) is 10.6 Å². The zero-order valence-electron chi connectivity index (χ0n) is 9.67. The van der Waals surface area contributed by atoms with Crippen molar-refractivity contribution < 1.29 is 4.74 Å². The molecule has 2 aromatic rings. The molecule has 0 saturated heterocycles. The van der Waals surface area contributed by atoms with E-state index in [-0.39, 0.29) is 0 Å². The molecule has 2 rings (SSSR count). The summed E-state index contributed by atoms with van der Waals surface area (Å²) in [5.41, 5.74) is 1.56. The molecule has 0 fully saturated rings. The summed E-state index contributed by atoms with van der Waals surface area (Å²) in [6.45, 7) is 3.09. The lowest BCUT2D eigenvalue weighted by atomic mass is 10.4. The minimum atomic E-state index is 0.555. The first-order valence-corrected chi connectivity index (χ1v) is 5.56. The van der Waals surface area contributed by atoms with Gasteiger partial charge in [0.05, 0.1) is 25.0 Å². The molecule has 1 N–H and O–H groups in total. The number of methoxy groups -OCH3 is 1. The lowest BCUT2D eigenvalue weighted by Gasteiger charge is -2.05. The van der Waals surface area contributed by atoms with Gasteiger partial charge in [-0.05, 0) is 19.1 Å². The molecule has 17 heavy (non-hydrogen) atoms. The van der Waals surface area contributed by atoms with Crippen LogP contribution in [0.4, 0.5) is 0 Å². The number of rotatable bonds is 4. The summed E-state index contributed by atoms with van der Waals surface area (Å²) in [5.74, 6) is 0.680. The van der Waals surface area contributed by atoms with Crippen LogP contribution in [0.15, 0.2) is 12.4 Å². The molecular weight excluding hydrogens is 238 g/mol. The lowest BCUT2D eigenvalue weighted by Crippen LogP contribution is -2.07. The van der Waals surface area contributed by atoms with Crippen molar-refractivity contribution in [2.75, 3.05) is 13.7 Å². The third-order valence-electron chi connectivity index (χ3n) is 2.29. The summed E-state index contributed by atoms with van der Waals surface area (Å²) in [6, 6.07) is 0. The van der Waals surface area contributed by atoms with Crippen molar-refractivity contribution in [2.24, 2.45) is 0 Å². The highest BCUT2D eigenvalue weighted by Crippen LogP contribution is 2.13. The summed E-state index contributed by atoms with van der Waals surface area (Å²) < 4.78 is 7.44. The molecule has 0 amide bonds. The number of hydrogen-bond donors (Lipinski definition) is 1. The van der Waals surface area contributed by atoms with Crippen LogP contribution >= 0.6 is 12.2 Å². The summed E-state index contributed by atoms with van der Waals surface area (Å²) in [5, 5.41) is 6.91. The molecule has 0 atom stereocenters. The standard InChI is InChI=1S/C10H13N5OS/c1-7-5-12-8(6-11-7)9-13-14-10(17)15(9)3-4-16-2/h5-6H,3-4H2,1-2H3,(H,14,17). The minimum absolute atomic E-state index is 0.555. The lowest BCUT2D eigenvalue weighted by molar-refractivity contribution is 0.187. The first-order chi connectivity index (χ1) is 8.22. The smallest absolute Gasteiger partial charge is 0.195 e. The molecule has 0 saturated carbocycles. The van der Waals surface area contributed by atoms with E-state index in [2.05, 4.69) is 20.2 Å². The van der Waals surface area contributed by atoms with Gasteiger partial charge in [0.25, 0.3) is 0 Å². The highest BCUT2D eigenvalue weighted by Gasteiger charge is 2.09. The normalized spacial score (nSPS) is 10.7. The van der Waals surface area contributed by atoms with Gasteiger partial charge in [0, 0.05) is 13.3 Å². The van der Waals surface area contributed by atoms with Crippen LogP contribution in [0.3, 0.4) is 0 Å². The van der Waals surface area contributed by atoms with Gasteiger partial charge < -0.3 is 4.74 Å². The van der Waals surface area contributed by atoms with Crippen molar-refractivity contribution in [3.8, 4) is 11.5 Å². The van der Waals surface area contributed by atoms with E-state index >= 15 is 0 Å². The molecule has 7 heteroatoms. The van der Waals surface area contributed by atoms with Gasteiger partial charge in [0.1, 0.15) is 5.69 Å². The van der Waals surface area contributed by atoms with Crippen LogP contribution in [0.25, 0.3) is 11.5 Å². The van der Waals surface area contributed by atoms with E-state index in [1.165, 1.54) is 0 Å². The van der Waals surface area contributed by atoms with Crippen molar-refractivity contribution in [1.29, 1.82) is 0 Å². The van der Waals surface area contributed by atoms with Crippen molar-refractivity contribution in [3.63, 3.8) is 0 Å². The molecule has 2 heterocycles. The van der Waals surface area contributed by atoms with Crippen LogP contribution in [-0.4, -0.2) is 38.4 Å². The van der Waals surface area contributed by atoms with Crippen LogP contribution in [0.5, 0.6) is 0 Å². The molecule has 2 aromatic heterocycles. The van der Waals surface area contributed by atoms with Crippen LogP contribution < -0.4 is 0 Å². The Morgan fingerprint density at radius 2 is 2.24 bits per heavy atom. The van der Waals surface area contributed by atoms with Gasteiger partial charge in [-0.2, -0.15) is 5.10 Å². The Balaban J connectivity index is 2.38. The van der Waals surface area contributed by atoms with Crippen molar-refractivity contribution in [3.05, 3.63) is 22.9 Å². The van der Waals surface area contributed by atoms with Crippen LogP contribution in [0.1, 0.15) is 5.69 Å². The third kappa shape index (κ3) is 2.56. The fourth-order valence-electron chi connectivity index (χ4n) is 1.41. The van der Waals surface area contributed by atoms with Crippen molar-refractivity contribution >= 4 is 12.2 Å². The topological polar surface area (TPSA) is 68.6 Å². The van der Waals surface area contributed by atoms with Gasteiger partial charge >= 0.3 is 0 Å². The Kier molecular flexibility index (Phi) is 3.60. The minimum Gasteiger partial charge on any atom is -0.383 e. The number of H-pyrrole nitrogens is 1. The highest BCUT2D eigenvalue weighted by atomic mass is 32.1. The van der Waals surface area contributed by atoms with E-state index in [4.69, 9.17) is 17.0 Å². The second kappa shape index (κ2) is 5.15. The van der Waals surface area contributed by atoms with Gasteiger partial charge in [-0.3, -0.25) is 14.6 Å². The van der Waals surface area contributed by atoms with Crippen LogP contribution in [0, 0.1) is 11.7 Å². The first kappa shape index (κ1) is 11.9. The SMILES string of the molecule is COCCn1c(-c2cnc(C)cn2)n[nH]c1=S. The molecule has 90 valence electrons. The van der Waals surface area contributed by atoms with E-state index in [1.807, 2.05) is 11.5 Å². The maximum absolute atomic E-state index is 5.15. The average Bonchev–Trinajstić information content (AvgIpc) is 2.69. The Bertz CT molecular complexity index is 545. The summed E-state index contributed by atoms with van der Waals surface area (Å²) in [4.78, 5) is 8.47. The largest absolute Gasteiger partial charge is 0.383 e. The van der Waals surface area contributed by atoms with Gasteiger partial charge in [-0.25, -0.2) is 4.98 Å². The van der Waals surface area contributed by atoms with E-state index < -0.39 is 0 Å². The zero-order valence-corrected chi connectivity index (χ0v) is 10.5. The number of aromatic nitrogens is 5. The maximum Gasteiger partial charge on any atom is 0.195 e. The molecule has 0 aliphatic rings. The van der Waals surface area contributed by atoms with E-state index in [1.54, 1.807) is 19.5 Å². The maximum atomic E-state index is 5.15. The van der Waals surface area contributed by atoms with Crippen LogP contribution in [0.2, 0.25) is 0 Å². The second-order valence-electron chi connectivity index (χ2n) is 3.54. The van der Waals surface area contributed by atoms with Crippen LogP contribution in [-0.2, 0) is 11.3 Å². The number of ether oxygens (including phenoxy) is 1. The summed E-state index contributed by atoms with van der Waals surface area (Å²) in [6.07, 6.45) is 3.39. The molecule has 0 unspecified atom stereocenters. The highest BCUT2D eigenvalue weighted by molar-refractivity contribution is 7.71. The van der Waals surface area contributed by atoms with Gasteiger partial charge in [-0.1, -0.05) is 0 Å². The fourth-order valence-corrected chi connectivity index (χ4v) is 1.63. The fraction of sp³-hybridized carbons (Fsp3) is 0.400. The average molecular weight is 251 g/mol. The van der Waals surface area contributed by atoms with Crippen molar-refractivity contribution in [2.45, 2.75) is 13.5 Å². The Morgan fingerprint density at radius 1 is 1.41 bits per heavy atom. The first-order valence-electron chi connectivity index (χ1n) is 5.15. The van der Waals surface area contributed by atoms with E-state index in [0.717, 1.165) is 5.69 Å². The van der Waals surface area contributed by atoms with Crippen molar-refractivity contribution in [1.82, 2.24) is 24.7 Å². The molecule has 0 bridgehead atoms. The van der Waals surface area contributed by atoms with Gasteiger partial charge in [0.2, 0.25) is 0 Å². The Hall–Kier alpha value is -1.60. The number of nitrogens with zero attached hydrogens (tertiary/aromatic N) is 4. The molecule has 0 aliphatic heterocycles. The number of aryl methyl sites for hydroxylation is 1. The molecule has 0 spiro atoms. The predicted molar refractivity (Wildman–Crippen MR) is 65.1 cm³/mol. The Morgan fingerprint density at radius 3 is 2.88 bits per heavy atom. The second-order valence-corrected chi connectivity index (χ2v) is 3.93. The quantitative estimate of drug-likeness (QED) is 0.831. The van der Waals surface area contributed by atoms with E-state index in [0.29, 0.717) is 29.4 Å². The number of nitrogens with one attached hydrogen (secondary N) is 1.